The van der Waals surface area contributed by atoms with Crippen LogP contribution >= 0.6 is 72.9 Å². The number of thiophene rings is 4. The zero-order valence-corrected chi connectivity index (χ0v) is 25.8. The van der Waals surface area contributed by atoms with E-state index in [9.17, 15) is 19.2 Å². The first-order valence-electron chi connectivity index (χ1n) is 10.7. The average Bonchev–Trinajstić information content (AvgIpc) is 3.67. The Morgan fingerprint density at radius 2 is 1.19 bits per heavy atom. The molecule has 4 heterocycles. The van der Waals surface area contributed by atoms with E-state index in [1.807, 2.05) is 61.0 Å². The number of carbonyl (C=O) groups excluding carboxylic acids is 4. The number of Topliss-reactive ketones (excluding diaryl/α,β-unsaturated/α-hetero) is 4. The van der Waals surface area contributed by atoms with Gasteiger partial charge in [-0.3, -0.25) is 19.2 Å². The van der Waals surface area contributed by atoms with Gasteiger partial charge in [0.25, 0.3) is 0 Å². The molecule has 4 aromatic heterocycles. The fourth-order valence-electron chi connectivity index (χ4n) is 2.23. The molecule has 0 aliphatic heterocycles. The van der Waals surface area contributed by atoms with Crippen LogP contribution in [-0.4, -0.2) is 23.1 Å². The van der Waals surface area contributed by atoms with Gasteiger partial charge in [-0.15, -0.1) is 45.3 Å². The van der Waals surface area contributed by atoms with Gasteiger partial charge in [-0.05, 0) is 76.9 Å². The molecule has 4 aromatic rings. The Balaban J connectivity index is 0.000000241. The van der Waals surface area contributed by atoms with Crippen molar-refractivity contribution in [1.29, 1.82) is 0 Å². The van der Waals surface area contributed by atoms with Crippen molar-refractivity contribution < 1.29 is 19.2 Å². The van der Waals surface area contributed by atoms with Crippen LogP contribution in [0.5, 0.6) is 0 Å². The highest BCUT2D eigenvalue weighted by Crippen LogP contribution is 2.23. The molecule has 192 valence electrons. The quantitative estimate of drug-likeness (QED) is 0.196. The number of hydrogen-bond acceptors (Lipinski definition) is 8. The minimum absolute atomic E-state index is 0.0758. The largest absolute Gasteiger partial charge is 0.294 e. The first-order valence-corrected chi connectivity index (χ1v) is 15.3. The molecule has 0 atom stereocenters. The van der Waals surface area contributed by atoms with Crippen LogP contribution in [0.3, 0.4) is 0 Å². The van der Waals surface area contributed by atoms with Crippen LogP contribution < -0.4 is 0 Å². The maximum absolute atomic E-state index is 11.0. The van der Waals surface area contributed by atoms with Gasteiger partial charge in [0.15, 0.2) is 23.1 Å². The van der Waals surface area contributed by atoms with Gasteiger partial charge in [-0.2, -0.15) is 0 Å². The molecular weight excluding hydrogens is 620 g/mol. The zero-order valence-electron chi connectivity index (χ0n) is 20.2. The summed E-state index contributed by atoms with van der Waals surface area (Å²) >= 11 is 14.7. The van der Waals surface area contributed by atoms with E-state index in [4.69, 9.17) is 11.6 Å². The molecule has 0 radical (unpaired) electrons. The lowest BCUT2D eigenvalue weighted by molar-refractivity contribution is 0.0984. The standard InChI is InChI=1S/C7H7BrOS.C7H8OS.C6H5ClOS.C6H6OS/c1-2-5(9)6-3-4-7(8)10-6;1-2-6(8)7-4-3-5-9-7;1-4(8)5-2-3-6(7)9-5;1-5(7)6-3-2-4-8-6/h3-4H,2H2,1H3;3-5H,2H2,1H3;2-3H,1H3;2-4H,1H3. The average molecular weight is 646 g/mol. The molecule has 0 unspecified atom stereocenters. The minimum Gasteiger partial charge on any atom is -0.294 e. The van der Waals surface area contributed by atoms with Crippen molar-refractivity contribution in [1.82, 2.24) is 0 Å². The van der Waals surface area contributed by atoms with E-state index in [1.54, 1.807) is 19.1 Å². The van der Waals surface area contributed by atoms with Crippen LogP contribution in [0.4, 0.5) is 0 Å². The van der Waals surface area contributed by atoms with Gasteiger partial charge < -0.3 is 0 Å². The lowest BCUT2D eigenvalue weighted by atomic mass is 10.3. The molecule has 0 saturated heterocycles. The topological polar surface area (TPSA) is 68.3 Å². The number of hydrogen-bond donors (Lipinski definition) is 0. The zero-order chi connectivity index (χ0) is 27.1. The van der Waals surface area contributed by atoms with Gasteiger partial charge in [-0.25, -0.2) is 0 Å². The van der Waals surface area contributed by atoms with Gasteiger partial charge in [0, 0.05) is 12.8 Å². The van der Waals surface area contributed by atoms with E-state index in [2.05, 4.69) is 15.9 Å². The Bertz CT molecular complexity index is 1220. The SMILES string of the molecule is CC(=O)c1ccc(Cl)s1.CC(=O)c1cccs1.CCC(=O)c1ccc(Br)s1.CCC(=O)c1cccs1. The molecule has 0 aliphatic rings. The van der Waals surface area contributed by atoms with Crippen molar-refractivity contribution >= 4 is 96.0 Å². The third kappa shape index (κ3) is 12.5. The Kier molecular flexibility index (Phi) is 15.8. The van der Waals surface area contributed by atoms with Crippen molar-refractivity contribution in [3.05, 3.63) is 86.9 Å². The third-order valence-corrected chi connectivity index (χ3v) is 8.95. The summed E-state index contributed by atoms with van der Waals surface area (Å²) in [5, 5.41) is 3.82. The van der Waals surface area contributed by atoms with Crippen LogP contribution in [-0.2, 0) is 0 Å². The normalized spacial score (nSPS) is 9.50. The van der Waals surface area contributed by atoms with Crippen molar-refractivity contribution in [3.63, 3.8) is 0 Å². The van der Waals surface area contributed by atoms with Gasteiger partial charge in [0.1, 0.15) is 0 Å². The maximum Gasteiger partial charge on any atom is 0.172 e. The molecule has 0 fully saturated rings. The van der Waals surface area contributed by atoms with Crippen LogP contribution in [0.25, 0.3) is 0 Å². The van der Waals surface area contributed by atoms with Crippen LogP contribution in [0.2, 0.25) is 4.34 Å². The maximum atomic E-state index is 11.0. The van der Waals surface area contributed by atoms with Crippen LogP contribution in [0, 0.1) is 0 Å². The van der Waals surface area contributed by atoms with Crippen LogP contribution in [0.15, 0.2) is 63.1 Å². The lowest BCUT2D eigenvalue weighted by Gasteiger charge is -1.86. The van der Waals surface area contributed by atoms with Crippen molar-refractivity contribution in [2.45, 2.75) is 40.5 Å². The molecule has 10 heteroatoms. The highest BCUT2D eigenvalue weighted by Gasteiger charge is 2.04. The number of halogens is 2. The van der Waals surface area contributed by atoms with E-state index in [0.717, 1.165) is 23.3 Å². The molecular formula is C26H26BrClO4S4. The van der Waals surface area contributed by atoms with Gasteiger partial charge >= 0.3 is 0 Å². The van der Waals surface area contributed by atoms with Crippen molar-refractivity contribution in [2.24, 2.45) is 0 Å². The van der Waals surface area contributed by atoms with E-state index in [1.165, 1.54) is 52.3 Å². The number of rotatable bonds is 6. The molecule has 0 spiro atoms. The highest BCUT2D eigenvalue weighted by atomic mass is 79.9. The lowest BCUT2D eigenvalue weighted by Crippen LogP contribution is -1.90. The van der Waals surface area contributed by atoms with E-state index in [0.29, 0.717) is 17.2 Å². The van der Waals surface area contributed by atoms with Gasteiger partial charge in [0.2, 0.25) is 0 Å². The predicted molar refractivity (Wildman–Crippen MR) is 159 cm³/mol. The Morgan fingerprint density at radius 3 is 1.50 bits per heavy atom. The third-order valence-electron chi connectivity index (χ3n) is 4.07. The molecule has 4 nitrogen and oxygen atoms in total. The van der Waals surface area contributed by atoms with E-state index >= 15 is 0 Å². The van der Waals surface area contributed by atoms with E-state index in [-0.39, 0.29) is 23.1 Å². The predicted octanol–water partition coefficient (Wildman–Crippen LogP) is 10.00. The van der Waals surface area contributed by atoms with Gasteiger partial charge in [0.05, 0.1) is 27.6 Å². The second-order valence-electron chi connectivity index (χ2n) is 6.83. The van der Waals surface area contributed by atoms with E-state index < -0.39 is 0 Å². The monoisotopic (exact) mass is 644 g/mol. The Hall–Kier alpha value is -1.75. The molecule has 0 aromatic carbocycles. The second kappa shape index (κ2) is 17.7. The summed E-state index contributed by atoms with van der Waals surface area (Å²) in [6.07, 6.45) is 1.20. The summed E-state index contributed by atoms with van der Waals surface area (Å²) in [5.41, 5.74) is 0. The summed E-state index contributed by atoms with van der Waals surface area (Å²) < 4.78 is 1.68. The summed E-state index contributed by atoms with van der Waals surface area (Å²) in [6.45, 7) is 6.85. The van der Waals surface area contributed by atoms with Crippen molar-refractivity contribution in [2.75, 3.05) is 0 Å². The molecule has 0 amide bonds. The summed E-state index contributed by atoms with van der Waals surface area (Å²) in [5.74, 6) is 0.688. The molecule has 0 bridgehead atoms. The fraction of sp³-hybridized carbons (Fsp3) is 0.231. The first kappa shape index (κ1) is 32.3. The number of carbonyl (C=O) groups is 4. The molecule has 0 saturated carbocycles. The highest BCUT2D eigenvalue weighted by molar-refractivity contribution is 9.11. The first-order chi connectivity index (χ1) is 17.1. The Labute approximate surface area is 241 Å². The smallest absolute Gasteiger partial charge is 0.172 e. The summed E-state index contributed by atoms with van der Waals surface area (Å²) in [7, 11) is 0. The van der Waals surface area contributed by atoms with Gasteiger partial charge in [-0.1, -0.05) is 37.6 Å². The summed E-state index contributed by atoms with van der Waals surface area (Å²) in [6, 6.07) is 14.7. The van der Waals surface area contributed by atoms with Crippen LogP contribution in [0.1, 0.15) is 79.2 Å². The fourth-order valence-corrected chi connectivity index (χ4v) is 5.93. The molecule has 4 rings (SSSR count). The number of ketones is 4. The summed E-state index contributed by atoms with van der Waals surface area (Å²) in [4.78, 5) is 46.3. The molecule has 0 aliphatic carbocycles. The minimum atomic E-state index is 0.0758. The second-order valence-corrected chi connectivity index (χ2v) is 12.9. The Morgan fingerprint density at radius 1 is 0.694 bits per heavy atom. The van der Waals surface area contributed by atoms with Crippen molar-refractivity contribution in [3.8, 4) is 0 Å². The molecule has 36 heavy (non-hydrogen) atoms. The molecule has 0 N–H and O–H groups in total.